The van der Waals surface area contributed by atoms with Crippen LogP contribution in [0.2, 0.25) is 10.0 Å². The minimum Gasteiger partial charge on any atom is -0.379 e. The van der Waals surface area contributed by atoms with Crippen LogP contribution in [-0.4, -0.2) is 37.7 Å². The summed E-state index contributed by atoms with van der Waals surface area (Å²) in [5.74, 6) is 0. The average Bonchev–Trinajstić information content (AvgIpc) is 2.61. The molecule has 0 saturated carbocycles. The topological polar surface area (TPSA) is 21.7 Å². The molecule has 5 heteroatoms. The summed E-state index contributed by atoms with van der Waals surface area (Å²) in [7, 11) is 0. The maximum absolute atomic E-state index is 6.26. The monoisotopic (exact) mass is 365 g/mol. The highest BCUT2D eigenvalue weighted by molar-refractivity contribution is 6.35. The van der Waals surface area contributed by atoms with Gasteiger partial charge < -0.3 is 9.47 Å². The summed E-state index contributed by atoms with van der Waals surface area (Å²) in [4.78, 5) is 2.38. The quantitative estimate of drug-likeness (QED) is 0.747. The van der Waals surface area contributed by atoms with Crippen LogP contribution in [0.5, 0.6) is 0 Å². The van der Waals surface area contributed by atoms with Gasteiger partial charge in [0.1, 0.15) is 0 Å². The minimum atomic E-state index is -0.00366. The van der Waals surface area contributed by atoms with Crippen LogP contribution >= 0.6 is 23.2 Å². The lowest BCUT2D eigenvalue weighted by Gasteiger charge is -2.30. The second kappa shape index (κ2) is 8.84. The Morgan fingerprint density at radius 1 is 1.04 bits per heavy atom. The van der Waals surface area contributed by atoms with Crippen LogP contribution in [0.15, 0.2) is 48.5 Å². The molecular weight excluding hydrogens is 345 g/mol. The van der Waals surface area contributed by atoms with Gasteiger partial charge in [0.2, 0.25) is 0 Å². The lowest BCUT2D eigenvalue weighted by atomic mass is 10.1. The van der Waals surface area contributed by atoms with Crippen LogP contribution in [0.25, 0.3) is 0 Å². The van der Waals surface area contributed by atoms with Crippen molar-refractivity contribution < 1.29 is 9.47 Å². The maximum atomic E-state index is 6.26. The summed E-state index contributed by atoms with van der Waals surface area (Å²) in [5, 5.41) is 1.28. The Morgan fingerprint density at radius 2 is 1.79 bits per heavy atom. The molecule has 3 nitrogen and oxygen atoms in total. The van der Waals surface area contributed by atoms with Crippen LogP contribution in [-0.2, 0) is 16.1 Å². The number of benzene rings is 2. The molecule has 1 fully saturated rings. The number of rotatable bonds is 6. The lowest BCUT2D eigenvalue weighted by Crippen LogP contribution is -2.39. The first-order valence-electron chi connectivity index (χ1n) is 8.13. The second-order valence-electron chi connectivity index (χ2n) is 5.86. The third-order valence-corrected chi connectivity index (χ3v) is 4.74. The molecule has 1 aliphatic heterocycles. The highest BCUT2D eigenvalue weighted by Crippen LogP contribution is 2.25. The first-order chi connectivity index (χ1) is 11.7. The van der Waals surface area contributed by atoms with E-state index in [2.05, 4.69) is 17.0 Å². The smallest absolute Gasteiger partial charge is 0.0956 e. The van der Waals surface area contributed by atoms with Crippen molar-refractivity contribution >= 4 is 23.2 Å². The second-order valence-corrected chi connectivity index (χ2v) is 6.70. The van der Waals surface area contributed by atoms with E-state index in [1.165, 1.54) is 5.56 Å². The molecule has 1 heterocycles. The number of ether oxygens (including phenoxy) is 2. The fourth-order valence-corrected chi connectivity index (χ4v) is 3.23. The van der Waals surface area contributed by atoms with Crippen LogP contribution < -0.4 is 0 Å². The van der Waals surface area contributed by atoms with Gasteiger partial charge in [-0.1, -0.05) is 59.6 Å². The van der Waals surface area contributed by atoms with Crippen molar-refractivity contribution in [1.29, 1.82) is 0 Å². The van der Waals surface area contributed by atoms with E-state index in [0.29, 0.717) is 16.7 Å². The Kier molecular flexibility index (Phi) is 6.52. The molecule has 1 saturated heterocycles. The van der Waals surface area contributed by atoms with Gasteiger partial charge in [-0.2, -0.15) is 0 Å². The summed E-state index contributed by atoms with van der Waals surface area (Å²) < 4.78 is 11.7. The highest BCUT2D eigenvalue weighted by Gasteiger charge is 2.19. The third-order valence-electron chi connectivity index (χ3n) is 4.15. The molecule has 0 aromatic heterocycles. The normalized spacial score (nSPS) is 16.9. The molecule has 0 amide bonds. The van der Waals surface area contributed by atoms with E-state index in [4.69, 9.17) is 32.7 Å². The standard InChI is InChI=1S/C19H21Cl2NO2/c20-17-7-6-16(18(21)12-17)14-24-19(15-4-2-1-3-5-15)13-22-8-10-23-11-9-22/h1-7,12,19H,8-11,13-14H2/t19-/m1/s1. The number of halogens is 2. The van der Waals surface area contributed by atoms with Crippen molar-refractivity contribution in [1.82, 2.24) is 4.90 Å². The third kappa shape index (κ3) is 4.95. The van der Waals surface area contributed by atoms with Gasteiger partial charge in [-0.3, -0.25) is 4.90 Å². The minimum absolute atomic E-state index is 0.00366. The van der Waals surface area contributed by atoms with E-state index in [1.807, 2.05) is 30.3 Å². The van der Waals surface area contributed by atoms with Crippen molar-refractivity contribution in [3.63, 3.8) is 0 Å². The first kappa shape index (κ1) is 17.7. The molecule has 0 bridgehead atoms. The van der Waals surface area contributed by atoms with Gasteiger partial charge in [-0.25, -0.2) is 0 Å². The number of hydrogen-bond acceptors (Lipinski definition) is 3. The summed E-state index contributed by atoms with van der Waals surface area (Å²) >= 11 is 12.2. The Labute approximate surface area is 153 Å². The van der Waals surface area contributed by atoms with Gasteiger partial charge in [-0.05, 0) is 23.3 Å². The molecule has 0 aliphatic carbocycles. The largest absolute Gasteiger partial charge is 0.379 e. The van der Waals surface area contributed by atoms with Gasteiger partial charge in [0.15, 0.2) is 0 Å². The molecular formula is C19H21Cl2NO2. The van der Waals surface area contributed by atoms with Crippen LogP contribution in [0.3, 0.4) is 0 Å². The van der Waals surface area contributed by atoms with Gasteiger partial charge in [0.05, 0.1) is 25.9 Å². The summed E-state index contributed by atoms with van der Waals surface area (Å²) in [5.41, 5.74) is 2.12. The average molecular weight is 366 g/mol. The van der Waals surface area contributed by atoms with E-state index < -0.39 is 0 Å². The molecule has 0 unspecified atom stereocenters. The van der Waals surface area contributed by atoms with E-state index in [0.717, 1.165) is 38.4 Å². The molecule has 0 radical (unpaired) electrons. The van der Waals surface area contributed by atoms with Gasteiger partial charge in [0, 0.05) is 29.7 Å². The molecule has 0 N–H and O–H groups in total. The van der Waals surface area contributed by atoms with Crippen molar-refractivity contribution in [3.05, 3.63) is 69.7 Å². The Morgan fingerprint density at radius 3 is 2.50 bits per heavy atom. The number of hydrogen-bond donors (Lipinski definition) is 0. The Hall–Kier alpha value is -1.10. The molecule has 3 rings (SSSR count). The maximum Gasteiger partial charge on any atom is 0.0956 e. The molecule has 1 aliphatic rings. The van der Waals surface area contributed by atoms with Crippen LogP contribution in [0, 0.1) is 0 Å². The van der Waals surface area contributed by atoms with Crippen LogP contribution in [0.4, 0.5) is 0 Å². The van der Waals surface area contributed by atoms with Gasteiger partial charge in [0.25, 0.3) is 0 Å². The van der Waals surface area contributed by atoms with Gasteiger partial charge in [-0.15, -0.1) is 0 Å². The molecule has 2 aromatic rings. The van der Waals surface area contributed by atoms with Crippen molar-refractivity contribution in [2.24, 2.45) is 0 Å². The fraction of sp³-hybridized carbons (Fsp3) is 0.368. The number of morpholine rings is 1. The van der Waals surface area contributed by atoms with E-state index >= 15 is 0 Å². The molecule has 1 atom stereocenters. The summed E-state index contributed by atoms with van der Waals surface area (Å²) in [6.07, 6.45) is -0.00366. The SMILES string of the molecule is Clc1ccc(CO[C@H](CN2CCOCC2)c2ccccc2)c(Cl)c1. The Bertz CT molecular complexity index is 645. The first-order valence-corrected chi connectivity index (χ1v) is 8.88. The van der Waals surface area contributed by atoms with Crippen molar-refractivity contribution in [3.8, 4) is 0 Å². The Balaban J connectivity index is 1.69. The highest BCUT2D eigenvalue weighted by atomic mass is 35.5. The fourth-order valence-electron chi connectivity index (χ4n) is 2.77. The predicted octanol–water partition coefficient (Wildman–Crippen LogP) is 4.58. The number of nitrogens with zero attached hydrogens (tertiary/aromatic N) is 1. The molecule has 24 heavy (non-hydrogen) atoms. The lowest BCUT2D eigenvalue weighted by molar-refractivity contribution is -0.0191. The summed E-state index contributed by atoms with van der Waals surface area (Å²) in [6.45, 7) is 4.75. The van der Waals surface area contributed by atoms with E-state index in [9.17, 15) is 0 Å². The van der Waals surface area contributed by atoms with E-state index in [-0.39, 0.29) is 6.10 Å². The molecule has 128 valence electrons. The van der Waals surface area contributed by atoms with Gasteiger partial charge >= 0.3 is 0 Å². The zero-order chi connectivity index (χ0) is 16.8. The van der Waals surface area contributed by atoms with E-state index in [1.54, 1.807) is 6.07 Å². The predicted molar refractivity (Wildman–Crippen MR) is 97.7 cm³/mol. The molecule has 0 spiro atoms. The zero-order valence-corrected chi connectivity index (χ0v) is 15.0. The van der Waals surface area contributed by atoms with Crippen molar-refractivity contribution in [2.75, 3.05) is 32.8 Å². The van der Waals surface area contributed by atoms with Crippen molar-refractivity contribution in [2.45, 2.75) is 12.7 Å². The summed E-state index contributed by atoms with van der Waals surface area (Å²) in [6, 6.07) is 15.8. The molecule has 2 aromatic carbocycles. The van der Waals surface area contributed by atoms with Crippen LogP contribution in [0.1, 0.15) is 17.2 Å². The zero-order valence-electron chi connectivity index (χ0n) is 13.5.